The molecule has 0 heterocycles. The Morgan fingerprint density at radius 3 is 2.18 bits per heavy atom. The van der Waals surface area contributed by atoms with Gasteiger partial charge in [-0.3, -0.25) is 0 Å². The van der Waals surface area contributed by atoms with Crippen molar-refractivity contribution in [1.29, 1.82) is 0 Å². The van der Waals surface area contributed by atoms with E-state index in [4.69, 9.17) is 19.0 Å². The van der Waals surface area contributed by atoms with Gasteiger partial charge in [-0.05, 0) is 46.1 Å². The van der Waals surface area contributed by atoms with Gasteiger partial charge in [-0.25, -0.2) is 0 Å². The normalized spacial score (nSPS) is 19.1. The lowest BCUT2D eigenvalue weighted by molar-refractivity contribution is -0.00964. The summed E-state index contributed by atoms with van der Waals surface area (Å²) in [5.74, 6) is 0. The third kappa shape index (κ3) is 5.05. The van der Waals surface area contributed by atoms with Crippen LogP contribution in [0.15, 0.2) is 0 Å². The second-order valence-corrected chi connectivity index (χ2v) is 6.08. The number of nitrogens with two attached hydrogens (primary N) is 1. The van der Waals surface area contributed by atoms with Gasteiger partial charge in [0.25, 0.3) is 0 Å². The Morgan fingerprint density at radius 1 is 1.12 bits per heavy atom. The number of rotatable bonds is 9. The monoisotopic (exact) mass is 261 g/mol. The van der Waals surface area contributed by atoms with Gasteiger partial charge in [0.15, 0.2) is 0 Å². The molecule has 4 nitrogen and oxygen atoms in total. The van der Waals surface area contributed by atoms with Crippen molar-refractivity contribution in [1.82, 2.24) is 0 Å². The second-order valence-electron chi connectivity index (χ2n) is 4.60. The van der Waals surface area contributed by atoms with Crippen molar-refractivity contribution in [3.63, 3.8) is 0 Å². The highest BCUT2D eigenvalue weighted by Gasteiger charge is 2.37. The minimum Gasteiger partial charge on any atom is -0.376 e. The molecular weight excluding hydrogens is 234 g/mol. The predicted molar refractivity (Wildman–Crippen MR) is 71.0 cm³/mol. The number of hydrogen-bond donors (Lipinski definition) is 1. The molecule has 2 N–H and O–H groups in total. The van der Waals surface area contributed by atoms with Gasteiger partial charge in [-0.1, -0.05) is 12.8 Å². The molecule has 0 radical (unpaired) electrons. The van der Waals surface area contributed by atoms with Crippen LogP contribution in [0.3, 0.4) is 0 Å². The first-order chi connectivity index (χ1) is 8.26. The molecule has 1 saturated carbocycles. The SMILES string of the molecule is CCO[SiH](OCC)OC1(CCCN)CCCC1. The van der Waals surface area contributed by atoms with Gasteiger partial charge in [0, 0.05) is 13.2 Å². The lowest BCUT2D eigenvalue weighted by atomic mass is 9.96. The van der Waals surface area contributed by atoms with Crippen LogP contribution in [0.25, 0.3) is 0 Å². The van der Waals surface area contributed by atoms with E-state index in [2.05, 4.69) is 0 Å². The molecule has 0 aromatic heterocycles. The molecule has 0 atom stereocenters. The summed E-state index contributed by atoms with van der Waals surface area (Å²) in [5.41, 5.74) is 5.61. The molecule has 0 spiro atoms. The summed E-state index contributed by atoms with van der Waals surface area (Å²) >= 11 is 0. The molecule has 1 aliphatic rings. The van der Waals surface area contributed by atoms with Crippen molar-refractivity contribution in [2.24, 2.45) is 5.73 Å². The average Bonchev–Trinajstić information content (AvgIpc) is 2.76. The van der Waals surface area contributed by atoms with Crippen molar-refractivity contribution in [3.8, 4) is 0 Å². The largest absolute Gasteiger partial charge is 0.484 e. The third-order valence-corrected chi connectivity index (χ3v) is 5.21. The van der Waals surface area contributed by atoms with Crippen molar-refractivity contribution in [3.05, 3.63) is 0 Å². The Bertz CT molecular complexity index is 192. The third-order valence-electron chi connectivity index (χ3n) is 3.30. The summed E-state index contributed by atoms with van der Waals surface area (Å²) in [6, 6.07) is 0. The molecule has 0 aromatic carbocycles. The lowest BCUT2D eigenvalue weighted by Crippen LogP contribution is -2.40. The molecule has 102 valence electrons. The Hall–Kier alpha value is 0.0569. The van der Waals surface area contributed by atoms with Gasteiger partial charge in [-0.15, -0.1) is 0 Å². The van der Waals surface area contributed by atoms with Gasteiger partial charge >= 0.3 is 9.53 Å². The fraction of sp³-hybridized carbons (Fsp3) is 1.00. The standard InChI is InChI=1S/C12H27NO3Si/c1-3-14-17(15-4-2)16-12(10-7-11-13)8-5-6-9-12/h17H,3-11,13H2,1-2H3. The van der Waals surface area contributed by atoms with E-state index in [0.29, 0.717) is 13.2 Å². The van der Waals surface area contributed by atoms with Crippen molar-refractivity contribution in [2.45, 2.75) is 58.0 Å². The summed E-state index contributed by atoms with van der Waals surface area (Å²) in [7, 11) is -1.94. The van der Waals surface area contributed by atoms with Crippen LogP contribution in [0.5, 0.6) is 0 Å². The molecule has 0 saturated heterocycles. The lowest BCUT2D eigenvalue weighted by Gasteiger charge is -2.32. The fourth-order valence-corrected chi connectivity index (χ4v) is 4.00. The first kappa shape index (κ1) is 15.1. The van der Waals surface area contributed by atoms with Crippen LogP contribution in [-0.4, -0.2) is 34.9 Å². The Kier molecular flexibility index (Phi) is 7.30. The predicted octanol–water partition coefficient (Wildman–Crippen LogP) is 1.84. The van der Waals surface area contributed by atoms with Crippen LogP contribution >= 0.6 is 0 Å². The van der Waals surface area contributed by atoms with E-state index in [1.807, 2.05) is 13.8 Å². The summed E-state index contributed by atoms with van der Waals surface area (Å²) in [4.78, 5) is 0. The molecule has 0 aliphatic heterocycles. The van der Waals surface area contributed by atoms with Crippen molar-refractivity contribution >= 4 is 9.53 Å². The minimum atomic E-state index is -1.94. The Balaban J connectivity index is 2.50. The fourth-order valence-electron chi connectivity index (χ4n) is 2.46. The molecule has 0 aromatic rings. The van der Waals surface area contributed by atoms with E-state index in [0.717, 1.165) is 32.2 Å². The molecule has 1 rings (SSSR count). The van der Waals surface area contributed by atoms with Gasteiger partial charge in [0.05, 0.1) is 5.60 Å². The van der Waals surface area contributed by atoms with Crippen LogP contribution < -0.4 is 5.73 Å². The van der Waals surface area contributed by atoms with E-state index in [9.17, 15) is 0 Å². The second kappa shape index (κ2) is 8.21. The van der Waals surface area contributed by atoms with Crippen molar-refractivity contribution < 1.29 is 13.3 Å². The Morgan fingerprint density at radius 2 is 1.71 bits per heavy atom. The van der Waals surface area contributed by atoms with E-state index in [-0.39, 0.29) is 5.60 Å². The molecule has 1 aliphatic carbocycles. The smallest absolute Gasteiger partial charge is 0.376 e. The summed E-state index contributed by atoms with van der Waals surface area (Å²) in [6.45, 7) is 6.06. The van der Waals surface area contributed by atoms with Gasteiger partial charge < -0.3 is 19.0 Å². The molecular formula is C12H27NO3Si. The first-order valence-electron chi connectivity index (χ1n) is 6.87. The van der Waals surface area contributed by atoms with E-state index < -0.39 is 9.53 Å². The highest BCUT2D eigenvalue weighted by atomic mass is 28.3. The zero-order valence-corrected chi connectivity index (χ0v) is 12.4. The van der Waals surface area contributed by atoms with Crippen LogP contribution in [-0.2, 0) is 13.3 Å². The van der Waals surface area contributed by atoms with Crippen LogP contribution in [0.4, 0.5) is 0 Å². The molecule has 0 amide bonds. The highest BCUT2D eigenvalue weighted by molar-refractivity contribution is 6.36. The molecule has 1 fully saturated rings. The summed E-state index contributed by atoms with van der Waals surface area (Å²) < 4.78 is 17.4. The molecule has 0 unspecified atom stereocenters. The van der Waals surface area contributed by atoms with Crippen LogP contribution in [0, 0.1) is 0 Å². The Labute approximate surface area is 107 Å². The average molecular weight is 261 g/mol. The van der Waals surface area contributed by atoms with Gasteiger partial charge in [-0.2, -0.15) is 0 Å². The van der Waals surface area contributed by atoms with Crippen LogP contribution in [0.1, 0.15) is 52.4 Å². The van der Waals surface area contributed by atoms with Gasteiger partial charge in [0.1, 0.15) is 0 Å². The molecule has 0 bridgehead atoms. The number of hydrogen-bond acceptors (Lipinski definition) is 4. The first-order valence-corrected chi connectivity index (χ1v) is 8.29. The highest BCUT2D eigenvalue weighted by Crippen LogP contribution is 2.37. The minimum absolute atomic E-state index is 0.000594. The summed E-state index contributed by atoms with van der Waals surface area (Å²) in [6.07, 6.45) is 6.85. The maximum absolute atomic E-state index is 6.22. The van der Waals surface area contributed by atoms with E-state index in [1.165, 1.54) is 12.8 Å². The topological polar surface area (TPSA) is 53.7 Å². The zero-order chi connectivity index (χ0) is 12.6. The van der Waals surface area contributed by atoms with E-state index in [1.54, 1.807) is 0 Å². The van der Waals surface area contributed by atoms with Gasteiger partial charge in [0.2, 0.25) is 0 Å². The molecule has 5 heteroatoms. The quantitative estimate of drug-likeness (QED) is 0.644. The summed E-state index contributed by atoms with van der Waals surface area (Å²) in [5, 5.41) is 0. The molecule has 17 heavy (non-hydrogen) atoms. The maximum atomic E-state index is 6.22. The zero-order valence-electron chi connectivity index (χ0n) is 11.2. The van der Waals surface area contributed by atoms with E-state index >= 15 is 0 Å². The van der Waals surface area contributed by atoms with Crippen LogP contribution in [0.2, 0.25) is 0 Å². The van der Waals surface area contributed by atoms with Crippen molar-refractivity contribution in [2.75, 3.05) is 19.8 Å². The maximum Gasteiger partial charge on any atom is 0.484 e.